The molecule has 2 atom stereocenters. The molecule has 1 heterocycles. The minimum absolute atomic E-state index is 0.259. The van der Waals surface area contributed by atoms with Gasteiger partial charge in [-0.15, -0.1) is 0 Å². The Morgan fingerprint density at radius 2 is 2.00 bits per heavy atom. The van der Waals surface area contributed by atoms with Crippen molar-refractivity contribution in [2.24, 2.45) is 11.8 Å². The van der Waals surface area contributed by atoms with Crippen molar-refractivity contribution in [2.45, 2.75) is 11.8 Å². The number of methoxy groups -OCH3 is 1. The van der Waals surface area contributed by atoms with Crippen LogP contribution in [0, 0.1) is 11.8 Å². The summed E-state index contributed by atoms with van der Waals surface area (Å²) in [6, 6.07) is 6.08. The lowest BCUT2D eigenvalue weighted by Gasteiger charge is -2.22. The van der Waals surface area contributed by atoms with Crippen molar-refractivity contribution in [3.05, 3.63) is 33.8 Å². The molecular weight excluding hydrogens is 269 g/mol. The number of hydrogen-bond donors (Lipinski definition) is 1. The largest absolute Gasteiger partial charge is 0.385 e. The lowest BCUT2D eigenvalue weighted by molar-refractivity contribution is 0.179. The maximum atomic E-state index is 6.16. The Morgan fingerprint density at radius 3 is 2.61 bits per heavy atom. The van der Waals surface area contributed by atoms with Crippen LogP contribution in [0.5, 0.6) is 0 Å². The fourth-order valence-electron chi connectivity index (χ4n) is 3.65. The molecule has 1 saturated carbocycles. The molecule has 0 bridgehead atoms. The first-order chi connectivity index (χ1) is 8.70. The summed E-state index contributed by atoms with van der Waals surface area (Å²) in [7, 11) is 1.76. The Bertz CT molecular complexity index is 453. The average Bonchev–Trinajstić information content (AvgIpc) is 2.74. The van der Waals surface area contributed by atoms with Crippen molar-refractivity contribution in [3.8, 4) is 0 Å². The molecule has 0 aromatic heterocycles. The smallest absolute Gasteiger partial charge is 0.0595 e. The van der Waals surface area contributed by atoms with Crippen LogP contribution >= 0.6 is 23.2 Å². The number of ether oxygens (including phenoxy) is 1. The van der Waals surface area contributed by atoms with Crippen molar-refractivity contribution < 1.29 is 4.74 Å². The van der Waals surface area contributed by atoms with Gasteiger partial charge in [-0.1, -0.05) is 29.3 Å². The van der Waals surface area contributed by atoms with Gasteiger partial charge in [0.25, 0.3) is 0 Å². The van der Waals surface area contributed by atoms with Crippen molar-refractivity contribution >= 4 is 23.2 Å². The molecule has 98 valence electrons. The normalized spacial score (nSPS) is 33.5. The maximum absolute atomic E-state index is 6.16. The zero-order chi connectivity index (χ0) is 12.8. The van der Waals surface area contributed by atoms with E-state index in [2.05, 4.69) is 11.4 Å². The number of piperidine rings is 1. The molecule has 0 radical (unpaired) electrons. The molecule has 2 aliphatic rings. The summed E-state index contributed by atoms with van der Waals surface area (Å²) in [6.45, 7) is 3.01. The molecule has 2 fully saturated rings. The highest BCUT2D eigenvalue weighted by molar-refractivity contribution is 6.42. The Morgan fingerprint density at radius 1 is 1.28 bits per heavy atom. The van der Waals surface area contributed by atoms with E-state index in [4.69, 9.17) is 27.9 Å². The van der Waals surface area contributed by atoms with Crippen molar-refractivity contribution in [3.63, 3.8) is 0 Å². The van der Waals surface area contributed by atoms with Gasteiger partial charge in [0, 0.05) is 19.1 Å². The number of rotatable bonds is 4. The lowest BCUT2D eigenvalue weighted by Crippen LogP contribution is -2.26. The number of nitrogens with one attached hydrogen (secondary N) is 1. The summed E-state index contributed by atoms with van der Waals surface area (Å²) in [5, 5.41) is 4.74. The van der Waals surface area contributed by atoms with E-state index in [1.54, 1.807) is 7.11 Å². The summed E-state index contributed by atoms with van der Waals surface area (Å²) < 4.78 is 5.28. The molecule has 2 unspecified atom stereocenters. The molecule has 1 aromatic carbocycles. The van der Waals surface area contributed by atoms with Crippen molar-refractivity contribution in [1.82, 2.24) is 5.32 Å². The summed E-state index contributed by atoms with van der Waals surface area (Å²) in [6.07, 6.45) is 1.07. The second-order valence-electron chi connectivity index (χ2n) is 5.28. The molecule has 1 N–H and O–H groups in total. The van der Waals surface area contributed by atoms with Crippen LogP contribution < -0.4 is 5.32 Å². The van der Waals surface area contributed by atoms with Gasteiger partial charge in [0.1, 0.15) is 0 Å². The lowest BCUT2D eigenvalue weighted by atomic mass is 9.87. The summed E-state index contributed by atoms with van der Waals surface area (Å²) in [5.74, 6) is 1.45. The van der Waals surface area contributed by atoms with E-state index in [0.717, 1.165) is 38.0 Å². The van der Waals surface area contributed by atoms with Crippen molar-refractivity contribution in [1.29, 1.82) is 0 Å². The molecule has 1 aliphatic carbocycles. The van der Waals surface area contributed by atoms with E-state index in [0.29, 0.717) is 10.0 Å². The highest BCUT2D eigenvalue weighted by Gasteiger charge is 2.66. The van der Waals surface area contributed by atoms with Crippen LogP contribution in [0.15, 0.2) is 18.2 Å². The monoisotopic (exact) mass is 285 g/mol. The van der Waals surface area contributed by atoms with E-state index in [9.17, 15) is 0 Å². The predicted octanol–water partition coefficient (Wildman–Crippen LogP) is 3.12. The van der Waals surface area contributed by atoms with Gasteiger partial charge in [-0.25, -0.2) is 0 Å². The average molecular weight is 286 g/mol. The minimum Gasteiger partial charge on any atom is -0.385 e. The van der Waals surface area contributed by atoms with Gasteiger partial charge in [0.15, 0.2) is 0 Å². The zero-order valence-corrected chi connectivity index (χ0v) is 11.9. The molecule has 4 heteroatoms. The highest BCUT2D eigenvalue weighted by Crippen LogP contribution is 2.64. The molecular formula is C14H17Cl2NO. The van der Waals surface area contributed by atoms with Gasteiger partial charge < -0.3 is 10.1 Å². The number of benzene rings is 1. The fraction of sp³-hybridized carbons (Fsp3) is 0.571. The molecule has 1 aromatic rings. The van der Waals surface area contributed by atoms with Gasteiger partial charge in [-0.3, -0.25) is 0 Å². The number of halogens is 2. The Hall–Kier alpha value is -0.280. The molecule has 3 rings (SSSR count). The van der Waals surface area contributed by atoms with Crippen LogP contribution in [0.2, 0.25) is 10.0 Å². The third-order valence-corrected chi connectivity index (χ3v) is 5.34. The first-order valence-electron chi connectivity index (χ1n) is 6.35. The standard InChI is InChI=1S/C14H17Cl2NO/c1-18-5-4-14(10-7-17-8-11(10)14)9-2-3-12(15)13(16)6-9/h2-3,6,10-11,17H,4-5,7-8H2,1H3. The molecule has 1 saturated heterocycles. The molecule has 1 aliphatic heterocycles. The second-order valence-corrected chi connectivity index (χ2v) is 6.10. The third-order valence-electron chi connectivity index (χ3n) is 4.61. The molecule has 18 heavy (non-hydrogen) atoms. The SMILES string of the molecule is COCCC1(c2ccc(Cl)c(Cl)c2)C2CNCC21. The van der Waals surface area contributed by atoms with E-state index >= 15 is 0 Å². The Labute approximate surface area is 118 Å². The first-order valence-corrected chi connectivity index (χ1v) is 7.11. The summed E-state index contributed by atoms with van der Waals surface area (Å²) in [5.41, 5.74) is 1.58. The van der Waals surface area contributed by atoms with Crippen LogP contribution in [0.4, 0.5) is 0 Å². The zero-order valence-electron chi connectivity index (χ0n) is 10.4. The molecule has 2 nitrogen and oxygen atoms in total. The van der Waals surface area contributed by atoms with Gasteiger partial charge in [0.05, 0.1) is 10.0 Å². The first kappa shape index (κ1) is 12.7. The minimum atomic E-state index is 0.259. The molecule has 0 spiro atoms. The summed E-state index contributed by atoms with van der Waals surface area (Å²) in [4.78, 5) is 0. The van der Waals surface area contributed by atoms with Crippen LogP contribution in [-0.2, 0) is 10.2 Å². The van der Waals surface area contributed by atoms with E-state index in [1.165, 1.54) is 5.56 Å². The van der Waals surface area contributed by atoms with Gasteiger partial charge in [0.2, 0.25) is 0 Å². The topological polar surface area (TPSA) is 21.3 Å². The van der Waals surface area contributed by atoms with E-state index in [1.807, 2.05) is 12.1 Å². The van der Waals surface area contributed by atoms with Crippen LogP contribution in [-0.4, -0.2) is 26.8 Å². The van der Waals surface area contributed by atoms with E-state index in [-0.39, 0.29) is 5.41 Å². The second kappa shape index (κ2) is 4.68. The number of hydrogen-bond acceptors (Lipinski definition) is 2. The fourth-order valence-corrected chi connectivity index (χ4v) is 3.95. The van der Waals surface area contributed by atoms with Crippen LogP contribution in [0.1, 0.15) is 12.0 Å². The molecule has 0 amide bonds. The maximum Gasteiger partial charge on any atom is 0.0595 e. The number of fused-ring (bicyclic) bond motifs is 1. The third kappa shape index (κ3) is 1.78. The van der Waals surface area contributed by atoms with Gasteiger partial charge >= 0.3 is 0 Å². The van der Waals surface area contributed by atoms with Gasteiger partial charge in [-0.05, 0) is 49.0 Å². The quantitative estimate of drug-likeness (QED) is 0.918. The highest BCUT2D eigenvalue weighted by atomic mass is 35.5. The van der Waals surface area contributed by atoms with Gasteiger partial charge in [-0.2, -0.15) is 0 Å². The van der Waals surface area contributed by atoms with Crippen molar-refractivity contribution in [2.75, 3.05) is 26.8 Å². The van der Waals surface area contributed by atoms with E-state index < -0.39 is 0 Å². The summed E-state index contributed by atoms with van der Waals surface area (Å²) >= 11 is 12.2. The predicted molar refractivity (Wildman–Crippen MR) is 74.5 cm³/mol. The Kier molecular flexibility index (Phi) is 3.31. The Balaban J connectivity index is 1.92. The van der Waals surface area contributed by atoms with Crippen LogP contribution in [0.3, 0.4) is 0 Å². The van der Waals surface area contributed by atoms with Crippen LogP contribution in [0.25, 0.3) is 0 Å².